The van der Waals surface area contributed by atoms with Crippen LogP contribution >= 0.6 is 0 Å². The van der Waals surface area contributed by atoms with Crippen molar-refractivity contribution < 1.29 is 0 Å². The van der Waals surface area contributed by atoms with Gasteiger partial charge in [-0.1, -0.05) is 38.0 Å². The average Bonchev–Trinajstić information content (AvgIpc) is 3.09. The summed E-state index contributed by atoms with van der Waals surface area (Å²) in [7, 11) is 0. The van der Waals surface area contributed by atoms with Crippen molar-refractivity contribution in [2.24, 2.45) is 11.8 Å². The third-order valence-electron chi connectivity index (χ3n) is 5.20. The van der Waals surface area contributed by atoms with Gasteiger partial charge in [0.15, 0.2) is 0 Å². The van der Waals surface area contributed by atoms with Crippen molar-refractivity contribution in [3.05, 3.63) is 30.3 Å². The van der Waals surface area contributed by atoms with Crippen molar-refractivity contribution in [1.29, 1.82) is 0 Å². The number of hydrogen-bond donors (Lipinski definition) is 1. The van der Waals surface area contributed by atoms with E-state index in [-0.39, 0.29) is 0 Å². The van der Waals surface area contributed by atoms with Gasteiger partial charge in [-0.15, -0.1) is 0 Å². The lowest BCUT2D eigenvalue weighted by Crippen LogP contribution is -2.41. The van der Waals surface area contributed by atoms with Crippen molar-refractivity contribution in [2.75, 3.05) is 24.5 Å². The Morgan fingerprint density at radius 2 is 2.05 bits per heavy atom. The van der Waals surface area contributed by atoms with E-state index in [1.807, 2.05) is 0 Å². The monoisotopic (exact) mass is 272 g/mol. The molecule has 2 aliphatic rings. The summed E-state index contributed by atoms with van der Waals surface area (Å²) in [6.07, 6.45) is 6.91. The SMILES string of the molecule is CCCCN(CC1NCC2CCCC21)c1ccccc1. The van der Waals surface area contributed by atoms with E-state index in [4.69, 9.17) is 0 Å². The van der Waals surface area contributed by atoms with Gasteiger partial charge in [0.2, 0.25) is 0 Å². The molecule has 0 bridgehead atoms. The van der Waals surface area contributed by atoms with Gasteiger partial charge in [-0.05, 0) is 49.8 Å². The maximum absolute atomic E-state index is 3.79. The first kappa shape index (κ1) is 13.9. The molecule has 20 heavy (non-hydrogen) atoms. The largest absolute Gasteiger partial charge is 0.370 e. The zero-order valence-corrected chi connectivity index (χ0v) is 12.7. The summed E-state index contributed by atoms with van der Waals surface area (Å²) in [5, 5.41) is 3.79. The number of rotatable bonds is 6. The number of fused-ring (bicyclic) bond motifs is 1. The smallest absolute Gasteiger partial charge is 0.0366 e. The molecule has 1 saturated carbocycles. The zero-order chi connectivity index (χ0) is 13.8. The van der Waals surface area contributed by atoms with E-state index in [1.165, 1.54) is 57.4 Å². The van der Waals surface area contributed by atoms with Crippen molar-refractivity contribution >= 4 is 5.69 Å². The van der Waals surface area contributed by atoms with E-state index in [0.717, 1.165) is 11.8 Å². The second kappa shape index (κ2) is 6.62. The average molecular weight is 272 g/mol. The predicted molar refractivity (Wildman–Crippen MR) is 86.2 cm³/mol. The van der Waals surface area contributed by atoms with Gasteiger partial charge in [0.1, 0.15) is 0 Å². The van der Waals surface area contributed by atoms with Gasteiger partial charge in [-0.3, -0.25) is 0 Å². The third-order valence-corrected chi connectivity index (χ3v) is 5.20. The number of nitrogens with zero attached hydrogens (tertiary/aromatic N) is 1. The summed E-state index contributed by atoms with van der Waals surface area (Å²) in [6.45, 7) is 5.91. The molecule has 2 heteroatoms. The Balaban J connectivity index is 1.67. The van der Waals surface area contributed by atoms with E-state index in [2.05, 4.69) is 47.5 Å². The normalized spacial score (nSPS) is 28.6. The first-order valence-electron chi connectivity index (χ1n) is 8.42. The van der Waals surface area contributed by atoms with Gasteiger partial charge < -0.3 is 10.2 Å². The molecule has 1 aliphatic carbocycles. The fourth-order valence-electron chi connectivity index (χ4n) is 4.05. The molecular weight excluding hydrogens is 244 g/mol. The minimum atomic E-state index is 0.708. The van der Waals surface area contributed by atoms with Crippen LogP contribution in [-0.2, 0) is 0 Å². The van der Waals surface area contributed by atoms with E-state index in [1.54, 1.807) is 0 Å². The van der Waals surface area contributed by atoms with E-state index in [0.29, 0.717) is 6.04 Å². The Kier molecular flexibility index (Phi) is 4.62. The van der Waals surface area contributed by atoms with Crippen LogP contribution in [0.25, 0.3) is 0 Å². The Bertz CT molecular complexity index is 403. The number of nitrogens with one attached hydrogen (secondary N) is 1. The molecule has 0 amide bonds. The Hall–Kier alpha value is -1.02. The second-order valence-electron chi connectivity index (χ2n) is 6.50. The Labute approximate surface area is 123 Å². The summed E-state index contributed by atoms with van der Waals surface area (Å²) in [6, 6.07) is 11.7. The highest BCUT2D eigenvalue weighted by molar-refractivity contribution is 5.46. The lowest BCUT2D eigenvalue weighted by molar-refractivity contribution is 0.408. The van der Waals surface area contributed by atoms with E-state index >= 15 is 0 Å². The second-order valence-corrected chi connectivity index (χ2v) is 6.50. The maximum atomic E-state index is 3.79. The first-order chi connectivity index (χ1) is 9.88. The highest BCUT2D eigenvalue weighted by atomic mass is 15.2. The summed E-state index contributed by atoms with van der Waals surface area (Å²) in [5.74, 6) is 1.90. The van der Waals surface area contributed by atoms with Gasteiger partial charge in [0, 0.05) is 24.8 Å². The topological polar surface area (TPSA) is 15.3 Å². The molecule has 1 aromatic carbocycles. The lowest BCUT2D eigenvalue weighted by Gasteiger charge is -2.30. The van der Waals surface area contributed by atoms with Crippen LogP contribution in [0.2, 0.25) is 0 Å². The molecule has 3 unspecified atom stereocenters. The van der Waals surface area contributed by atoms with Crippen LogP contribution in [0, 0.1) is 11.8 Å². The molecule has 1 heterocycles. The molecule has 1 aromatic rings. The third kappa shape index (κ3) is 3.01. The molecule has 2 nitrogen and oxygen atoms in total. The molecule has 1 aliphatic heterocycles. The first-order valence-corrected chi connectivity index (χ1v) is 8.42. The van der Waals surface area contributed by atoms with E-state index in [9.17, 15) is 0 Å². The van der Waals surface area contributed by atoms with Gasteiger partial charge >= 0.3 is 0 Å². The van der Waals surface area contributed by atoms with Crippen LogP contribution in [0.3, 0.4) is 0 Å². The van der Waals surface area contributed by atoms with Crippen molar-refractivity contribution in [3.63, 3.8) is 0 Å². The number of hydrogen-bond acceptors (Lipinski definition) is 2. The molecule has 3 atom stereocenters. The van der Waals surface area contributed by atoms with Gasteiger partial charge in [0.05, 0.1) is 0 Å². The molecule has 0 aromatic heterocycles. The molecule has 3 rings (SSSR count). The number of para-hydroxylation sites is 1. The number of unbranched alkanes of at least 4 members (excludes halogenated alkanes) is 1. The Morgan fingerprint density at radius 3 is 2.85 bits per heavy atom. The van der Waals surface area contributed by atoms with Gasteiger partial charge in [-0.25, -0.2) is 0 Å². The van der Waals surface area contributed by atoms with Gasteiger partial charge in [-0.2, -0.15) is 0 Å². The van der Waals surface area contributed by atoms with E-state index < -0.39 is 0 Å². The molecule has 2 fully saturated rings. The summed E-state index contributed by atoms with van der Waals surface area (Å²) < 4.78 is 0. The van der Waals surface area contributed by atoms with Crippen LogP contribution < -0.4 is 10.2 Å². The molecule has 1 saturated heterocycles. The summed E-state index contributed by atoms with van der Waals surface area (Å²) >= 11 is 0. The van der Waals surface area contributed by atoms with Crippen LogP contribution in [-0.4, -0.2) is 25.7 Å². The van der Waals surface area contributed by atoms with Crippen molar-refractivity contribution in [1.82, 2.24) is 5.32 Å². The standard InChI is InChI=1S/C18H28N2/c1-2-3-12-20(16-9-5-4-6-10-16)14-18-17-11-7-8-15(17)13-19-18/h4-6,9-10,15,17-19H,2-3,7-8,11-14H2,1H3. The summed E-state index contributed by atoms with van der Waals surface area (Å²) in [5.41, 5.74) is 1.39. The fourth-order valence-corrected chi connectivity index (χ4v) is 4.05. The van der Waals surface area contributed by atoms with Crippen LogP contribution in [0.1, 0.15) is 39.0 Å². The van der Waals surface area contributed by atoms with Crippen molar-refractivity contribution in [3.8, 4) is 0 Å². The van der Waals surface area contributed by atoms with Crippen LogP contribution in [0.5, 0.6) is 0 Å². The number of benzene rings is 1. The van der Waals surface area contributed by atoms with Crippen molar-refractivity contribution in [2.45, 2.75) is 45.1 Å². The van der Waals surface area contributed by atoms with Crippen LogP contribution in [0.15, 0.2) is 30.3 Å². The Morgan fingerprint density at radius 1 is 1.20 bits per heavy atom. The molecular formula is C18H28N2. The highest BCUT2D eigenvalue weighted by Gasteiger charge is 2.39. The van der Waals surface area contributed by atoms with Crippen LogP contribution in [0.4, 0.5) is 5.69 Å². The molecule has 1 N–H and O–H groups in total. The predicted octanol–water partition coefficient (Wildman–Crippen LogP) is 3.68. The molecule has 0 spiro atoms. The minimum Gasteiger partial charge on any atom is -0.370 e. The maximum Gasteiger partial charge on any atom is 0.0366 e. The number of anilines is 1. The lowest BCUT2D eigenvalue weighted by atomic mass is 9.93. The zero-order valence-electron chi connectivity index (χ0n) is 12.7. The quantitative estimate of drug-likeness (QED) is 0.850. The molecule has 0 radical (unpaired) electrons. The minimum absolute atomic E-state index is 0.708. The van der Waals surface area contributed by atoms with Gasteiger partial charge in [0.25, 0.3) is 0 Å². The summed E-state index contributed by atoms with van der Waals surface area (Å²) in [4.78, 5) is 2.60. The fraction of sp³-hybridized carbons (Fsp3) is 0.667. The molecule has 110 valence electrons. The highest BCUT2D eigenvalue weighted by Crippen LogP contribution is 2.38.